The molecule has 0 heterocycles. The van der Waals surface area contributed by atoms with E-state index >= 15 is 0 Å². The van der Waals surface area contributed by atoms with Gasteiger partial charge in [0.05, 0.1) is 6.54 Å². The van der Waals surface area contributed by atoms with Gasteiger partial charge in [-0.25, -0.2) is 0 Å². The molecule has 0 unspecified atom stereocenters. The fraction of sp³-hybridized carbons (Fsp3) is 0.421. The molecule has 1 aliphatic carbocycles. The van der Waals surface area contributed by atoms with Crippen LogP contribution in [0.5, 0.6) is 0 Å². The summed E-state index contributed by atoms with van der Waals surface area (Å²) in [4.78, 5) is 14.6. The number of carbonyl (C=O) groups is 1. The zero-order valence-corrected chi connectivity index (χ0v) is 16.7. The molecule has 0 aliphatic heterocycles. The number of allylic oxidation sites excluding steroid dienone is 1. The topological polar surface area (TPSA) is 20.3 Å². The van der Waals surface area contributed by atoms with E-state index in [9.17, 15) is 4.79 Å². The summed E-state index contributed by atoms with van der Waals surface area (Å²) in [6, 6.07) is 11.2. The number of hydrogen-bond acceptors (Lipinski definition) is 1. The molecule has 0 fully saturated rings. The Morgan fingerprint density at radius 1 is 1.26 bits per heavy atom. The van der Waals surface area contributed by atoms with Gasteiger partial charge < -0.3 is 0 Å². The number of amides is 1. The summed E-state index contributed by atoms with van der Waals surface area (Å²) in [5, 5.41) is 0. The number of nitrogens with zero attached hydrogens (tertiary/aromatic N) is 1. The van der Waals surface area contributed by atoms with Crippen LogP contribution in [0, 0.1) is 11.6 Å². The van der Waals surface area contributed by atoms with Crippen molar-refractivity contribution in [2.45, 2.75) is 51.9 Å². The van der Waals surface area contributed by atoms with Crippen LogP contribution in [0.3, 0.4) is 0 Å². The van der Waals surface area contributed by atoms with Crippen LogP contribution in [0.2, 0.25) is 19.6 Å². The fourth-order valence-corrected chi connectivity index (χ4v) is 3.28. The maximum absolute atomic E-state index is 12.9. The second-order valence-electron chi connectivity index (χ2n) is 6.94. The lowest BCUT2D eigenvalue weighted by Gasteiger charge is -2.21. The lowest BCUT2D eigenvalue weighted by Crippen LogP contribution is -2.29. The molecule has 0 bridgehead atoms. The van der Waals surface area contributed by atoms with E-state index in [4.69, 9.17) is 0 Å². The van der Waals surface area contributed by atoms with Gasteiger partial charge in [0, 0.05) is 16.1 Å². The first kappa shape index (κ1) is 18.0. The van der Waals surface area contributed by atoms with Crippen LogP contribution in [0.1, 0.15) is 31.2 Å². The maximum atomic E-state index is 12.9. The summed E-state index contributed by atoms with van der Waals surface area (Å²) in [7, 11) is -1.53. The van der Waals surface area contributed by atoms with Crippen molar-refractivity contribution in [3.63, 3.8) is 0 Å². The van der Waals surface area contributed by atoms with Gasteiger partial charge in [-0.05, 0) is 37.3 Å². The Morgan fingerprint density at radius 2 is 2.00 bits per heavy atom. The van der Waals surface area contributed by atoms with Gasteiger partial charge in [-0.3, -0.25) is 9.69 Å². The highest BCUT2D eigenvalue weighted by molar-refractivity contribution is 9.10. The number of rotatable bonds is 3. The smallest absolute Gasteiger partial charge is 0.261 e. The molecule has 122 valence electrons. The maximum Gasteiger partial charge on any atom is 0.261 e. The minimum Gasteiger partial charge on any atom is -0.268 e. The van der Waals surface area contributed by atoms with Gasteiger partial charge in [-0.1, -0.05) is 59.8 Å². The van der Waals surface area contributed by atoms with Gasteiger partial charge in [0.25, 0.3) is 5.91 Å². The molecular formula is C19H24BrNOSi. The molecule has 0 saturated heterocycles. The Morgan fingerprint density at radius 3 is 2.61 bits per heavy atom. The van der Waals surface area contributed by atoms with E-state index in [-0.39, 0.29) is 5.91 Å². The van der Waals surface area contributed by atoms with Gasteiger partial charge in [0.2, 0.25) is 0 Å². The van der Waals surface area contributed by atoms with Crippen molar-refractivity contribution < 1.29 is 4.79 Å². The van der Waals surface area contributed by atoms with Crippen LogP contribution in [0.15, 0.2) is 40.4 Å². The Bertz CT molecular complexity index is 664. The molecule has 1 aromatic carbocycles. The summed E-state index contributed by atoms with van der Waals surface area (Å²) in [5.74, 6) is 0.0752. The number of carbonyl (C=O) groups excluding carboxylic acids is 1. The largest absolute Gasteiger partial charge is 0.268 e. The van der Waals surface area contributed by atoms with Crippen LogP contribution in [0.25, 0.3) is 0 Å². The van der Waals surface area contributed by atoms with Crippen LogP contribution < -0.4 is 0 Å². The molecule has 0 N–H and O–H groups in total. The van der Waals surface area contributed by atoms with Crippen molar-refractivity contribution in [1.82, 2.24) is 4.90 Å². The molecule has 2 nitrogen and oxygen atoms in total. The Labute approximate surface area is 149 Å². The molecule has 1 aromatic rings. The van der Waals surface area contributed by atoms with Crippen molar-refractivity contribution in [1.29, 1.82) is 0 Å². The Kier molecular flexibility index (Phi) is 6.26. The molecule has 4 heteroatoms. The molecular weight excluding hydrogens is 366 g/mol. The third kappa shape index (κ3) is 5.67. The van der Waals surface area contributed by atoms with Crippen LogP contribution in [0.4, 0.5) is 0 Å². The summed E-state index contributed by atoms with van der Waals surface area (Å²) in [6.45, 7) is 7.11. The van der Waals surface area contributed by atoms with Gasteiger partial charge in [0.1, 0.15) is 8.07 Å². The van der Waals surface area contributed by atoms with E-state index in [1.54, 1.807) is 4.90 Å². The predicted molar refractivity (Wildman–Crippen MR) is 102 cm³/mol. The lowest BCUT2D eigenvalue weighted by molar-refractivity contribution is -0.124. The van der Waals surface area contributed by atoms with E-state index in [2.05, 4.69) is 53.2 Å². The standard InChI is InChI=1S/C19H24BrNOSi/c1-23(2,3)14-13-21(15-17-11-7-8-12-18(17)20)19(22)16-9-5-4-6-10-16/h7-9,11-12H,4-6,10,15H2,1-3H3. The lowest BCUT2D eigenvalue weighted by atomic mass is 9.98. The number of hydrogen-bond donors (Lipinski definition) is 0. The molecule has 0 aromatic heterocycles. The summed E-state index contributed by atoms with van der Waals surface area (Å²) >= 11 is 3.57. The first-order valence-corrected chi connectivity index (χ1v) is 12.4. The quantitative estimate of drug-likeness (QED) is 0.399. The average molecular weight is 390 g/mol. The highest BCUT2D eigenvalue weighted by atomic mass is 79.9. The summed E-state index contributed by atoms with van der Waals surface area (Å²) in [6.07, 6.45) is 6.25. The Balaban J connectivity index is 2.27. The molecule has 1 aliphatic rings. The van der Waals surface area contributed by atoms with Gasteiger partial charge in [-0.15, -0.1) is 5.54 Å². The first-order chi connectivity index (χ1) is 10.9. The second kappa shape index (κ2) is 7.99. The van der Waals surface area contributed by atoms with E-state index in [1.165, 1.54) is 6.42 Å². The van der Waals surface area contributed by atoms with E-state index < -0.39 is 8.07 Å². The summed E-state index contributed by atoms with van der Waals surface area (Å²) in [5.41, 5.74) is 5.34. The van der Waals surface area contributed by atoms with Crippen molar-refractivity contribution in [3.8, 4) is 11.6 Å². The monoisotopic (exact) mass is 389 g/mol. The normalized spacial score (nSPS) is 14.5. The van der Waals surface area contributed by atoms with Crippen molar-refractivity contribution in [3.05, 3.63) is 46.0 Å². The molecule has 0 saturated carbocycles. The first-order valence-electron chi connectivity index (χ1n) is 8.14. The van der Waals surface area contributed by atoms with Crippen molar-refractivity contribution in [2.75, 3.05) is 0 Å². The Hall–Kier alpha value is -1.31. The highest BCUT2D eigenvalue weighted by Gasteiger charge is 2.20. The van der Waals surface area contributed by atoms with Gasteiger partial charge in [0.15, 0.2) is 0 Å². The zero-order chi connectivity index (χ0) is 16.9. The van der Waals surface area contributed by atoms with Crippen molar-refractivity contribution >= 4 is 29.9 Å². The zero-order valence-electron chi connectivity index (χ0n) is 14.2. The molecule has 0 radical (unpaired) electrons. The van der Waals surface area contributed by atoms with E-state index in [0.717, 1.165) is 34.9 Å². The molecule has 0 spiro atoms. The van der Waals surface area contributed by atoms with Gasteiger partial charge >= 0.3 is 0 Å². The SMILES string of the molecule is C[Si](C)(C)C#CN(Cc1ccccc1Br)C(=O)C1=CCCCC1. The van der Waals surface area contributed by atoms with E-state index in [0.29, 0.717) is 6.54 Å². The molecule has 0 atom stereocenters. The van der Waals surface area contributed by atoms with Crippen LogP contribution >= 0.6 is 15.9 Å². The van der Waals surface area contributed by atoms with Gasteiger partial charge in [-0.2, -0.15) is 0 Å². The average Bonchev–Trinajstić information content (AvgIpc) is 2.52. The van der Waals surface area contributed by atoms with Crippen molar-refractivity contribution in [2.24, 2.45) is 0 Å². The molecule has 23 heavy (non-hydrogen) atoms. The van der Waals surface area contributed by atoms with Crippen LogP contribution in [-0.2, 0) is 11.3 Å². The summed E-state index contributed by atoms with van der Waals surface area (Å²) < 4.78 is 1.02. The minimum absolute atomic E-state index is 0.0752. The molecule has 2 rings (SSSR count). The third-order valence-corrected chi connectivity index (χ3v) is 5.30. The fourth-order valence-electron chi connectivity index (χ4n) is 2.40. The minimum atomic E-state index is -1.53. The predicted octanol–water partition coefficient (Wildman–Crippen LogP) is 5.12. The number of halogens is 1. The molecule has 1 amide bonds. The number of benzene rings is 1. The van der Waals surface area contributed by atoms with Crippen LogP contribution in [-0.4, -0.2) is 18.9 Å². The van der Waals surface area contributed by atoms with E-state index in [1.807, 2.05) is 24.3 Å². The second-order valence-corrected chi connectivity index (χ2v) is 12.5. The third-order valence-electron chi connectivity index (χ3n) is 3.66. The highest BCUT2D eigenvalue weighted by Crippen LogP contribution is 2.22.